The average molecular weight is 817 g/mol. The molecule has 0 aromatic heterocycles. The van der Waals surface area contributed by atoms with Gasteiger partial charge in [0, 0.05) is 37.6 Å². The number of sulfonamides is 1. The van der Waals surface area contributed by atoms with Crippen molar-refractivity contribution in [1.29, 1.82) is 0 Å². The summed E-state index contributed by atoms with van der Waals surface area (Å²) >= 11 is 0. The predicted molar refractivity (Wildman–Crippen MR) is 209 cm³/mol. The highest BCUT2D eigenvalue weighted by Crippen LogP contribution is 2.36. The Kier molecular flexibility index (Phi) is 17.1. The smallest absolute Gasteiger partial charge is 0.328 e. The van der Waals surface area contributed by atoms with Crippen LogP contribution in [0.1, 0.15) is 81.1 Å². The molecule has 0 spiro atoms. The van der Waals surface area contributed by atoms with Gasteiger partial charge in [0.2, 0.25) is 0 Å². The molecule has 2 fully saturated rings. The molecule has 1 aromatic rings. The molecule has 2 amide bonds. The van der Waals surface area contributed by atoms with E-state index in [1.165, 1.54) is 26.0 Å². The topological polar surface area (TPSA) is 228 Å². The first-order chi connectivity index (χ1) is 25.9. The number of carbonyl (C=O) groups is 2. The molecule has 2 aliphatic heterocycles. The second kappa shape index (κ2) is 20.0. The zero-order chi connectivity index (χ0) is 42.3. The Balaban J connectivity index is 1.92. The molecule has 0 saturated carbocycles. The molecular formula is C39H68N4O12S. The van der Waals surface area contributed by atoms with Gasteiger partial charge >= 0.3 is 12.0 Å². The highest BCUT2D eigenvalue weighted by molar-refractivity contribution is 7.90. The first-order valence-electron chi connectivity index (χ1n) is 19.7. The van der Waals surface area contributed by atoms with Crippen LogP contribution in [0, 0.1) is 17.8 Å². The molecule has 2 saturated heterocycles. The van der Waals surface area contributed by atoms with E-state index in [9.17, 15) is 43.5 Å². The van der Waals surface area contributed by atoms with Gasteiger partial charge in [0.05, 0.1) is 34.7 Å². The van der Waals surface area contributed by atoms with E-state index in [0.717, 1.165) is 0 Å². The van der Waals surface area contributed by atoms with Crippen LogP contribution in [0.4, 0.5) is 4.79 Å². The summed E-state index contributed by atoms with van der Waals surface area (Å²) in [6, 6.07) is 5.53. The number of likely N-dealkylation sites (N-methyl/N-ethyl adjacent to an activating group) is 1. The van der Waals surface area contributed by atoms with Crippen LogP contribution in [-0.4, -0.2) is 156 Å². The van der Waals surface area contributed by atoms with Gasteiger partial charge in [-0.1, -0.05) is 39.0 Å². The van der Waals surface area contributed by atoms with Crippen molar-refractivity contribution in [3.63, 3.8) is 0 Å². The third-order valence-corrected chi connectivity index (χ3v) is 12.8. The predicted octanol–water partition coefficient (Wildman–Crippen LogP) is 1.42. The molecule has 322 valence electrons. The van der Waals surface area contributed by atoms with E-state index in [4.69, 9.17) is 14.2 Å². The van der Waals surface area contributed by atoms with Gasteiger partial charge in [0.1, 0.15) is 23.9 Å². The van der Waals surface area contributed by atoms with E-state index >= 15 is 0 Å². The zero-order valence-corrected chi connectivity index (χ0v) is 35.5. The Morgan fingerprint density at radius 1 is 1.04 bits per heavy atom. The Labute approximate surface area is 332 Å². The van der Waals surface area contributed by atoms with Crippen LogP contribution < -0.4 is 10.0 Å². The summed E-state index contributed by atoms with van der Waals surface area (Å²) in [5, 5.41) is 61.3. The highest BCUT2D eigenvalue weighted by Gasteiger charge is 2.50. The molecule has 0 bridgehead atoms. The first-order valence-corrected chi connectivity index (χ1v) is 21.2. The van der Waals surface area contributed by atoms with Crippen molar-refractivity contribution in [2.24, 2.45) is 17.8 Å². The molecule has 17 heteroatoms. The van der Waals surface area contributed by atoms with Gasteiger partial charge < -0.3 is 50.0 Å². The lowest BCUT2D eigenvalue weighted by Gasteiger charge is -2.46. The number of amides is 2. The van der Waals surface area contributed by atoms with E-state index in [-0.39, 0.29) is 55.4 Å². The second-order valence-electron chi connectivity index (χ2n) is 16.7. The minimum Gasteiger partial charge on any atom is -0.459 e. The molecule has 1 aromatic carbocycles. The number of aliphatic hydroxyl groups excluding tert-OH is 3. The van der Waals surface area contributed by atoms with E-state index < -0.39 is 87.9 Å². The maximum atomic E-state index is 13.6. The standard InChI is InChI=1S/C39H68N4O12S/c1-11-30-39(8,50)33(46)27(6)43(19-15-18-40-37(48)41-56(51,52)28-16-13-12-14-17-28)22-23(2)21-38(7,49)34(25(4)31(44)26(5)35(47)54-30)55-36-32(45)29(42(9)10)20-24(3)53-36/h12-14,16-17,23-27,29-34,36,44-46,49-50H,11,15,18-22H2,1-10H3,(H2,40,41,48)/t23-,24-,25+,26-,27-,29+,30-,31+,32-,33-,34-,36+,38-,39-/m1/s1. The van der Waals surface area contributed by atoms with Gasteiger partial charge in [-0.2, -0.15) is 0 Å². The maximum absolute atomic E-state index is 13.6. The number of esters is 1. The Morgan fingerprint density at radius 3 is 2.25 bits per heavy atom. The molecule has 0 radical (unpaired) electrons. The monoisotopic (exact) mass is 816 g/mol. The lowest BCUT2D eigenvalue weighted by Crippen LogP contribution is -2.59. The van der Waals surface area contributed by atoms with Gasteiger partial charge in [0.25, 0.3) is 10.0 Å². The van der Waals surface area contributed by atoms with Crippen molar-refractivity contribution in [3.05, 3.63) is 30.3 Å². The highest BCUT2D eigenvalue weighted by atomic mass is 32.2. The molecule has 0 aliphatic carbocycles. The number of nitrogens with one attached hydrogen (secondary N) is 2. The Bertz CT molecular complexity index is 1520. The fraction of sp³-hybridized carbons (Fsp3) is 0.795. The second-order valence-corrected chi connectivity index (χ2v) is 18.4. The molecule has 3 rings (SSSR count). The number of hydrogen-bond donors (Lipinski definition) is 7. The SMILES string of the molecule is CC[C@H]1OC(=O)[C@H](C)[C@@H](O)[C@H](C)[C@@H](O[C@@H]2O[C@H](C)C[C@H](N(C)C)[C@H]2O)[C@](C)(O)C[C@@H](C)CN(CCCNC(=O)NS(=O)(=O)c2ccccc2)[C@H](C)[C@@H](O)[C@]1(C)O. The minimum atomic E-state index is -4.09. The van der Waals surface area contributed by atoms with Crippen molar-refractivity contribution >= 4 is 22.0 Å². The van der Waals surface area contributed by atoms with E-state index in [1.54, 1.807) is 45.9 Å². The number of rotatable bonds is 10. The molecule has 0 unspecified atom stereocenters. The number of benzene rings is 1. The maximum Gasteiger partial charge on any atom is 0.328 e. The molecular weight excluding hydrogens is 749 g/mol. The molecule has 7 N–H and O–H groups in total. The number of ether oxygens (including phenoxy) is 3. The summed E-state index contributed by atoms with van der Waals surface area (Å²) in [6.07, 6.45) is -6.58. The van der Waals surface area contributed by atoms with Gasteiger partial charge in [0.15, 0.2) is 6.29 Å². The van der Waals surface area contributed by atoms with Crippen LogP contribution in [0.3, 0.4) is 0 Å². The van der Waals surface area contributed by atoms with Crippen molar-refractivity contribution in [2.45, 2.75) is 152 Å². The van der Waals surface area contributed by atoms with Crippen LogP contribution in [0.2, 0.25) is 0 Å². The van der Waals surface area contributed by atoms with Gasteiger partial charge in [-0.15, -0.1) is 0 Å². The average Bonchev–Trinajstić information content (AvgIpc) is 3.12. The van der Waals surface area contributed by atoms with E-state index in [0.29, 0.717) is 12.8 Å². The lowest BCUT2D eigenvalue weighted by molar-refractivity contribution is -0.299. The van der Waals surface area contributed by atoms with Crippen molar-refractivity contribution in [2.75, 3.05) is 33.7 Å². The first kappa shape index (κ1) is 47.9. The molecule has 2 aliphatic rings. The fourth-order valence-electron chi connectivity index (χ4n) is 8.20. The zero-order valence-electron chi connectivity index (χ0n) is 34.7. The summed E-state index contributed by atoms with van der Waals surface area (Å²) in [5.74, 6) is -3.15. The van der Waals surface area contributed by atoms with Crippen molar-refractivity contribution < 1.29 is 57.8 Å². The number of cyclic esters (lactones) is 1. The van der Waals surface area contributed by atoms with Crippen LogP contribution in [-0.2, 0) is 29.0 Å². The molecule has 56 heavy (non-hydrogen) atoms. The molecule has 16 nitrogen and oxygen atoms in total. The van der Waals surface area contributed by atoms with Crippen LogP contribution in [0.25, 0.3) is 0 Å². The van der Waals surface area contributed by atoms with Gasteiger partial charge in [-0.25, -0.2) is 17.9 Å². The number of aliphatic hydroxyl groups is 5. The summed E-state index contributed by atoms with van der Waals surface area (Å²) in [6.45, 7) is 13.9. The van der Waals surface area contributed by atoms with Gasteiger partial charge in [-0.05, 0) is 92.4 Å². The molecule has 2 heterocycles. The van der Waals surface area contributed by atoms with Gasteiger partial charge in [-0.3, -0.25) is 9.69 Å². The number of nitrogens with zero attached hydrogens (tertiary/aromatic N) is 2. The fourth-order valence-corrected chi connectivity index (χ4v) is 9.15. The molecule has 14 atom stereocenters. The Hall–Kier alpha value is -2.45. The summed E-state index contributed by atoms with van der Waals surface area (Å²) in [7, 11) is -0.400. The Morgan fingerprint density at radius 2 is 1.66 bits per heavy atom. The minimum absolute atomic E-state index is 0.0618. The number of hydrogen-bond acceptors (Lipinski definition) is 14. The van der Waals surface area contributed by atoms with E-state index in [1.807, 2.05) is 42.5 Å². The van der Waals surface area contributed by atoms with Crippen molar-refractivity contribution in [1.82, 2.24) is 19.8 Å². The summed E-state index contributed by atoms with van der Waals surface area (Å²) < 4.78 is 45.5. The van der Waals surface area contributed by atoms with Crippen molar-refractivity contribution in [3.8, 4) is 0 Å². The number of urea groups is 1. The van der Waals surface area contributed by atoms with Crippen LogP contribution in [0.15, 0.2) is 35.2 Å². The normalized spacial score (nSPS) is 38.6. The third-order valence-electron chi connectivity index (χ3n) is 11.5. The van der Waals surface area contributed by atoms with E-state index in [2.05, 4.69) is 5.32 Å². The lowest BCUT2D eigenvalue weighted by atomic mass is 9.78. The third kappa shape index (κ3) is 12.1. The van der Waals surface area contributed by atoms with Crippen LogP contribution in [0.5, 0.6) is 0 Å². The summed E-state index contributed by atoms with van der Waals surface area (Å²) in [4.78, 5) is 29.9. The quantitative estimate of drug-likeness (QED) is 0.131. The van der Waals surface area contributed by atoms with Crippen LogP contribution >= 0.6 is 0 Å². The largest absolute Gasteiger partial charge is 0.459 e. The summed E-state index contributed by atoms with van der Waals surface area (Å²) in [5.41, 5.74) is -3.59. The number of carbonyl (C=O) groups excluding carboxylic acids is 2.